The number of anilines is 1. The van der Waals surface area contributed by atoms with Gasteiger partial charge in [-0.3, -0.25) is 14.4 Å². The van der Waals surface area contributed by atoms with E-state index in [9.17, 15) is 29.4 Å². The Labute approximate surface area is 237 Å². The Balaban J connectivity index is 2.25. The van der Waals surface area contributed by atoms with E-state index in [0.29, 0.717) is 6.42 Å². The number of alkyl carbamates (subject to hydrolysis) is 1. The standard InChI is InChI=1S/C30H46N2O8/c1-18(2)39-27(37)21-14-20-11-9-10-12-23(20)32(17-21)25(34)16-30(7,8)15-22(24(33)13-19(3)26(35)36)31-28(38)40-29(4,5)6/h9-12,18-19,21-22,24,33H,13-17H2,1-8H3,(H,31,38)(H,35,36)/t19-,21-,22+,24+/m1/s1. The molecule has 1 heterocycles. The summed E-state index contributed by atoms with van der Waals surface area (Å²) < 4.78 is 10.8. The number of ether oxygens (including phenoxy) is 2. The van der Waals surface area contributed by atoms with Gasteiger partial charge in [-0.2, -0.15) is 0 Å². The molecule has 224 valence electrons. The van der Waals surface area contributed by atoms with E-state index < -0.39 is 47.1 Å². The van der Waals surface area contributed by atoms with Crippen LogP contribution in [0, 0.1) is 17.3 Å². The number of hydrogen-bond donors (Lipinski definition) is 3. The maximum absolute atomic E-state index is 13.7. The maximum atomic E-state index is 13.7. The highest BCUT2D eigenvalue weighted by atomic mass is 16.6. The van der Waals surface area contributed by atoms with Crippen LogP contribution in [0.2, 0.25) is 0 Å². The highest BCUT2D eigenvalue weighted by Crippen LogP contribution is 2.35. The first-order valence-corrected chi connectivity index (χ1v) is 13.9. The van der Waals surface area contributed by atoms with Gasteiger partial charge in [0.2, 0.25) is 5.91 Å². The van der Waals surface area contributed by atoms with E-state index in [1.54, 1.807) is 39.5 Å². The molecule has 1 aliphatic rings. The molecule has 1 aliphatic heterocycles. The predicted molar refractivity (Wildman–Crippen MR) is 151 cm³/mol. The molecule has 40 heavy (non-hydrogen) atoms. The summed E-state index contributed by atoms with van der Waals surface area (Å²) in [5.74, 6) is -2.94. The number of hydrogen-bond acceptors (Lipinski definition) is 7. The number of carboxylic acids is 1. The van der Waals surface area contributed by atoms with E-state index in [2.05, 4.69) is 5.32 Å². The molecule has 3 N–H and O–H groups in total. The SMILES string of the molecule is CC(C)OC(=O)[C@@H]1Cc2ccccc2N(C(=O)CC(C)(C)C[C@H](NC(=O)OC(C)(C)C)[C@@H](O)C[C@@H](C)C(=O)O)C1. The van der Waals surface area contributed by atoms with Crippen molar-refractivity contribution in [2.45, 2.75) is 105 Å². The van der Waals surface area contributed by atoms with Crippen molar-refractivity contribution in [2.24, 2.45) is 17.3 Å². The van der Waals surface area contributed by atoms with Crippen LogP contribution in [0.25, 0.3) is 0 Å². The molecule has 4 atom stereocenters. The van der Waals surface area contributed by atoms with Crippen LogP contribution in [0.4, 0.5) is 10.5 Å². The minimum Gasteiger partial charge on any atom is -0.481 e. The van der Waals surface area contributed by atoms with Gasteiger partial charge in [-0.15, -0.1) is 0 Å². The Morgan fingerprint density at radius 2 is 1.70 bits per heavy atom. The Morgan fingerprint density at radius 1 is 1.07 bits per heavy atom. The number of aliphatic carboxylic acids is 1. The fraction of sp³-hybridized carbons (Fsp3) is 0.667. The van der Waals surface area contributed by atoms with Gasteiger partial charge in [0, 0.05) is 18.7 Å². The van der Waals surface area contributed by atoms with Crippen LogP contribution >= 0.6 is 0 Å². The summed E-state index contributed by atoms with van der Waals surface area (Å²) >= 11 is 0. The molecule has 1 aromatic rings. The molecule has 10 nitrogen and oxygen atoms in total. The number of amides is 2. The second-order valence-electron chi connectivity index (χ2n) is 12.9. The maximum Gasteiger partial charge on any atom is 0.407 e. The van der Waals surface area contributed by atoms with Gasteiger partial charge in [0.15, 0.2) is 0 Å². The number of benzene rings is 1. The number of carbonyl (C=O) groups is 4. The summed E-state index contributed by atoms with van der Waals surface area (Å²) in [5.41, 5.74) is 0.141. The number of aliphatic hydroxyl groups excluding tert-OH is 1. The van der Waals surface area contributed by atoms with Crippen LogP contribution in [0.15, 0.2) is 24.3 Å². The van der Waals surface area contributed by atoms with Gasteiger partial charge in [0.05, 0.1) is 30.1 Å². The number of carboxylic acid groups (broad SMARTS) is 1. The third-order valence-electron chi connectivity index (χ3n) is 6.72. The fourth-order valence-corrected chi connectivity index (χ4v) is 4.86. The molecule has 0 saturated heterocycles. The largest absolute Gasteiger partial charge is 0.481 e. The van der Waals surface area contributed by atoms with Crippen LogP contribution in [0.5, 0.6) is 0 Å². The van der Waals surface area contributed by atoms with Crippen LogP contribution < -0.4 is 10.2 Å². The molecule has 1 aromatic carbocycles. The smallest absolute Gasteiger partial charge is 0.407 e. The first-order valence-electron chi connectivity index (χ1n) is 13.9. The Morgan fingerprint density at radius 3 is 2.27 bits per heavy atom. The van der Waals surface area contributed by atoms with Gasteiger partial charge in [0.1, 0.15) is 5.60 Å². The van der Waals surface area contributed by atoms with E-state index in [0.717, 1.165) is 11.3 Å². The van der Waals surface area contributed by atoms with E-state index >= 15 is 0 Å². The van der Waals surface area contributed by atoms with Crippen molar-refractivity contribution < 1.29 is 38.9 Å². The summed E-state index contributed by atoms with van der Waals surface area (Å²) in [6.07, 6.45) is -1.56. The van der Waals surface area contributed by atoms with Crippen molar-refractivity contribution in [2.75, 3.05) is 11.4 Å². The monoisotopic (exact) mass is 562 g/mol. The van der Waals surface area contributed by atoms with Crippen LogP contribution in [-0.2, 0) is 30.3 Å². The van der Waals surface area contributed by atoms with Crippen LogP contribution in [0.1, 0.15) is 80.2 Å². The van der Waals surface area contributed by atoms with E-state index in [1.807, 2.05) is 38.1 Å². The van der Waals surface area contributed by atoms with E-state index in [-0.39, 0.29) is 43.8 Å². The minimum atomic E-state index is -1.18. The first-order chi connectivity index (χ1) is 18.4. The van der Waals surface area contributed by atoms with Crippen LogP contribution in [-0.4, -0.2) is 64.5 Å². The number of rotatable bonds is 11. The zero-order valence-corrected chi connectivity index (χ0v) is 25.0. The minimum absolute atomic E-state index is 0.0565. The molecule has 2 amide bonds. The number of fused-ring (bicyclic) bond motifs is 1. The molecule has 0 aliphatic carbocycles. The predicted octanol–water partition coefficient (Wildman–Crippen LogP) is 4.31. The van der Waals surface area contributed by atoms with Gasteiger partial charge < -0.3 is 29.9 Å². The molecular weight excluding hydrogens is 516 g/mol. The molecule has 2 rings (SSSR count). The summed E-state index contributed by atoms with van der Waals surface area (Å²) in [7, 11) is 0. The number of para-hydroxylation sites is 1. The number of esters is 1. The molecule has 0 saturated carbocycles. The lowest BCUT2D eigenvalue weighted by Gasteiger charge is -2.37. The van der Waals surface area contributed by atoms with Gasteiger partial charge in [-0.05, 0) is 70.9 Å². The zero-order valence-electron chi connectivity index (χ0n) is 25.0. The Hall–Kier alpha value is -3.14. The fourth-order valence-electron chi connectivity index (χ4n) is 4.86. The van der Waals surface area contributed by atoms with Crippen molar-refractivity contribution in [3.63, 3.8) is 0 Å². The molecule has 0 bridgehead atoms. The van der Waals surface area contributed by atoms with Gasteiger partial charge in [0.25, 0.3) is 0 Å². The molecule has 0 unspecified atom stereocenters. The lowest BCUT2D eigenvalue weighted by Crippen LogP contribution is -2.49. The summed E-state index contributed by atoms with van der Waals surface area (Å²) in [4.78, 5) is 52.1. The van der Waals surface area contributed by atoms with E-state index in [4.69, 9.17) is 9.47 Å². The molecule has 0 fully saturated rings. The summed E-state index contributed by atoms with van der Waals surface area (Å²) in [6, 6.07) is 6.61. The number of carbonyl (C=O) groups excluding carboxylic acids is 3. The lowest BCUT2D eigenvalue weighted by atomic mass is 9.79. The average Bonchev–Trinajstić information content (AvgIpc) is 2.80. The molecule has 0 radical (unpaired) electrons. The lowest BCUT2D eigenvalue weighted by molar-refractivity contribution is -0.152. The normalized spacial score (nSPS) is 17.9. The van der Waals surface area contributed by atoms with Crippen molar-refractivity contribution >= 4 is 29.6 Å². The van der Waals surface area contributed by atoms with Gasteiger partial charge in [-0.25, -0.2) is 4.79 Å². The topological polar surface area (TPSA) is 142 Å². The average molecular weight is 563 g/mol. The molecule has 10 heteroatoms. The van der Waals surface area contributed by atoms with Crippen molar-refractivity contribution in [3.8, 4) is 0 Å². The van der Waals surface area contributed by atoms with Crippen molar-refractivity contribution in [3.05, 3.63) is 29.8 Å². The second kappa shape index (κ2) is 13.5. The molecule has 0 aromatic heterocycles. The van der Waals surface area contributed by atoms with Crippen molar-refractivity contribution in [1.29, 1.82) is 0 Å². The molecule has 0 spiro atoms. The third-order valence-corrected chi connectivity index (χ3v) is 6.72. The van der Waals surface area contributed by atoms with Gasteiger partial charge >= 0.3 is 18.0 Å². The summed E-state index contributed by atoms with van der Waals surface area (Å²) in [6.45, 7) is 14.1. The quantitative estimate of drug-likeness (QED) is 0.339. The molecular formula is C30H46N2O8. The Bertz CT molecular complexity index is 1060. The highest BCUT2D eigenvalue weighted by Gasteiger charge is 2.38. The second-order valence-corrected chi connectivity index (χ2v) is 12.9. The Kier molecular flexibility index (Phi) is 11.1. The van der Waals surface area contributed by atoms with Crippen molar-refractivity contribution in [1.82, 2.24) is 5.32 Å². The first kappa shape index (κ1) is 33.1. The number of nitrogens with zero attached hydrogens (tertiary/aromatic N) is 1. The van der Waals surface area contributed by atoms with Gasteiger partial charge in [-0.1, -0.05) is 39.0 Å². The highest BCUT2D eigenvalue weighted by molar-refractivity contribution is 5.96. The zero-order chi connectivity index (χ0) is 30.4. The van der Waals surface area contributed by atoms with E-state index in [1.165, 1.54) is 6.92 Å². The number of nitrogens with one attached hydrogen (secondary N) is 1. The summed E-state index contributed by atoms with van der Waals surface area (Å²) in [5, 5.41) is 23.0. The number of aliphatic hydroxyl groups is 1. The van der Waals surface area contributed by atoms with Crippen LogP contribution in [0.3, 0.4) is 0 Å². The third kappa shape index (κ3) is 10.1.